The van der Waals surface area contributed by atoms with E-state index >= 15 is 0 Å². The van der Waals surface area contributed by atoms with Gasteiger partial charge in [0.1, 0.15) is 11.6 Å². The zero-order valence-corrected chi connectivity index (χ0v) is 15.9. The van der Waals surface area contributed by atoms with Crippen molar-refractivity contribution in [1.82, 2.24) is 20.1 Å². The van der Waals surface area contributed by atoms with Gasteiger partial charge in [0, 0.05) is 31.4 Å². The van der Waals surface area contributed by atoms with Gasteiger partial charge < -0.3 is 14.7 Å². The molecule has 0 aliphatic carbocycles. The molecule has 1 saturated heterocycles. The highest BCUT2D eigenvalue weighted by Crippen LogP contribution is 2.30. The normalized spacial score (nSPS) is 14.9. The Balaban J connectivity index is 1.42. The summed E-state index contributed by atoms with van der Waals surface area (Å²) in [7, 11) is 0. The van der Waals surface area contributed by atoms with E-state index in [2.05, 4.69) is 30.3 Å². The second-order valence-electron chi connectivity index (χ2n) is 6.99. The monoisotopic (exact) mass is 378 g/mol. The molecule has 8 nitrogen and oxygen atoms in total. The van der Waals surface area contributed by atoms with Crippen molar-refractivity contribution in [1.29, 1.82) is 0 Å². The van der Waals surface area contributed by atoms with Crippen molar-refractivity contribution in [3.8, 4) is 11.5 Å². The number of hydrogen-bond acceptors (Lipinski definition) is 7. The lowest BCUT2D eigenvalue weighted by Crippen LogP contribution is -2.38. The topological polar surface area (TPSA) is 97.0 Å². The third-order valence-electron chi connectivity index (χ3n) is 4.87. The van der Waals surface area contributed by atoms with Crippen molar-refractivity contribution in [2.75, 3.05) is 23.3 Å². The fourth-order valence-corrected chi connectivity index (χ4v) is 3.35. The predicted molar refractivity (Wildman–Crippen MR) is 105 cm³/mol. The van der Waals surface area contributed by atoms with Crippen LogP contribution in [0.4, 0.5) is 11.6 Å². The molecule has 8 heteroatoms. The van der Waals surface area contributed by atoms with Crippen LogP contribution in [0.1, 0.15) is 24.2 Å². The molecule has 0 aromatic carbocycles. The van der Waals surface area contributed by atoms with Crippen molar-refractivity contribution in [2.45, 2.75) is 26.7 Å². The number of hydrogen-bond donors (Lipinski definition) is 1. The summed E-state index contributed by atoms with van der Waals surface area (Å²) in [6, 6.07) is 7.55. The third-order valence-corrected chi connectivity index (χ3v) is 4.87. The maximum Gasteiger partial charge on any atom is 0.261 e. The lowest BCUT2D eigenvalue weighted by molar-refractivity contribution is -0.120. The minimum atomic E-state index is -0.0443. The fraction of sp³-hybridized carbons (Fsp3) is 0.350. The highest BCUT2D eigenvalue weighted by molar-refractivity contribution is 5.91. The molecule has 0 radical (unpaired) electrons. The first-order valence-electron chi connectivity index (χ1n) is 9.34. The van der Waals surface area contributed by atoms with E-state index < -0.39 is 0 Å². The minimum absolute atomic E-state index is 0.0183. The Morgan fingerprint density at radius 2 is 2.00 bits per heavy atom. The predicted octanol–water partition coefficient (Wildman–Crippen LogP) is 3.00. The number of anilines is 2. The molecule has 0 spiro atoms. The van der Waals surface area contributed by atoms with Crippen LogP contribution in [0.3, 0.4) is 0 Å². The van der Waals surface area contributed by atoms with E-state index in [1.54, 1.807) is 19.3 Å². The van der Waals surface area contributed by atoms with Crippen LogP contribution in [-0.4, -0.2) is 39.1 Å². The molecule has 0 unspecified atom stereocenters. The summed E-state index contributed by atoms with van der Waals surface area (Å²) < 4.78 is 5.32. The molecule has 1 aliphatic heterocycles. The Morgan fingerprint density at radius 3 is 2.68 bits per heavy atom. The maximum atomic E-state index is 12.6. The quantitative estimate of drug-likeness (QED) is 0.745. The molecule has 4 heterocycles. The van der Waals surface area contributed by atoms with Gasteiger partial charge in [0.2, 0.25) is 5.91 Å². The van der Waals surface area contributed by atoms with Crippen molar-refractivity contribution in [3.63, 3.8) is 0 Å². The summed E-state index contributed by atoms with van der Waals surface area (Å²) in [5, 5.41) is 6.78. The Morgan fingerprint density at radius 1 is 1.18 bits per heavy atom. The smallest absolute Gasteiger partial charge is 0.261 e. The van der Waals surface area contributed by atoms with E-state index in [1.165, 1.54) is 0 Å². The average Bonchev–Trinajstić information content (AvgIpc) is 3.16. The van der Waals surface area contributed by atoms with Gasteiger partial charge in [-0.3, -0.25) is 4.79 Å². The number of aryl methyl sites for hydroxylation is 2. The Hall–Kier alpha value is -3.29. The molecular weight excluding hydrogens is 356 g/mol. The third kappa shape index (κ3) is 3.85. The summed E-state index contributed by atoms with van der Waals surface area (Å²) in [6.07, 6.45) is 5.00. The zero-order valence-electron chi connectivity index (χ0n) is 15.9. The summed E-state index contributed by atoms with van der Waals surface area (Å²) in [4.78, 5) is 27.8. The molecule has 1 aliphatic rings. The largest absolute Gasteiger partial charge is 0.356 e. The molecular formula is C20H22N6O2. The first-order valence-corrected chi connectivity index (χ1v) is 9.34. The molecule has 1 amide bonds. The van der Waals surface area contributed by atoms with Crippen LogP contribution in [0.5, 0.6) is 0 Å². The number of amides is 1. The Bertz CT molecular complexity index is 961. The van der Waals surface area contributed by atoms with Gasteiger partial charge in [-0.1, -0.05) is 11.2 Å². The number of nitrogens with zero attached hydrogens (tertiary/aromatic N) is 5. The van der Waals surface area contributed by atoms with Crippen LogP contribution in [-0.2, 0) is 4.79 Å². The van der Waals surface area contributed by atoms with Gasteiger partial charge in [-0.15, -0.1) is 0 Å². The standard InChI is InChI=1S/C20H22N6O2/c1-13-5-6-17(22-12-13)24-19(27)15-7-10-26(11-8-15)18-16(4-3-9-21-18)20-23-14(2)25-28-20/h3-6,9,12,15H,7-8,10-11H2,1-2H3,(H,22,24,27). The molecule has 0 bridgehead atoms. The van der Waals surface area contributed by atoms with Gasteiger partial charge in [0.25, 0.3) is 5.89 Å². The van der Waals surface area contributed by atoms with Crippen LogP contribution in [0, 0.1) is 19.8 Å². The lowest BCUT2D eigenvalue weighted by atomic mass is 9.95. The lowest BCUT2D eigenvalue weighted by Gasteiger charge is -2.32. The van der Waals surface area contributed by atoms with E-state index in [4.69, 9.17) is 4.52 Å². The molecule has 1 N–H and O–H groups in total. The van der Waals surface area contributed by atoms with Crippen molar-refractivity contribution in [3.05, 3.63) is 48.0 Å². The SMILES string of the molecule is Cc1ccc(NC(=O)C2CCN(c3ncccc3-c3nc(C)no3)CC2)nc1. The first-order chi connectivity index (χ1) is 13.6. The molecule has 28 heavy (non-hydrogen) atoms. The Labute approximate surface area is 163 Å². The van der Waals surface area contributed by atoms with Gasteiger partial charge in [0.05, 0.1) is 5.56 Å². The molecule has 4 rings (SSSR count). The summed E-state index contributed by atoms with van der Waals surface area (Å²) >= 11 is 0. The van der Waals surface area contributed by atoms with Crippen molar-refractivity contribution >= 4 is 17.5 Å². The van der Waals surface area contributed by atoms with Gasteiger partial charge in [-0.2, -0.15) is 4.98 Å². The van der Waals surface area contributed by atoms with Crippen LogP contribution in [0.25, 0.3) is 11.5 Å². The maximum absolute atomic E-state index is 12.6. The first kappa shape index (κ1) is 18.1. The number of pyridine rings is 2. The van der Waals surface area contributed by atoms with Crippen molar-refractivity contribution in [2.24, 2.45) is 5.92 Å². The second kappa shape index (κ2) is 7.75. The molecule has 3 aromatic heterocycles. The van der Waals surface area contributed by atoms with Gasteiger partial charge in [0.15, 0.2) is 5.82 Å². The highest BCUT2D eigenvalue weighted by Gasteiger charge is 2.27. The van der Waals surface area contributed by atoms with E-state index in [-0.39, 0.29) is 11.8 Å². The zero-order chi connectivity index (χ0) is 19.5. The number of piperidine rings is 1. The van der Waals surface area contributed by atoms with Crippen LogP contribution in [0.15, 0.2) is 41.2 Å². The minimum Gasteiger partial charge on any atom is -0.356 e. The molecule has 1 fully saturated rings. The number of rotatable bonds is 4. The second-order valence-corrected chi connectivity index (χ2v) is 6.99. The van der Waals surface area contributed by atoms with Gasteiger partial charge in [-0.25, -0.2) is 9.97 Å². The molecule has 0 saturated carbocycles. The van der Waals surface area contributed by atoms with Gasteiger partial charge >= 0.3 is 0 Å². The summed E-state index contributed by atoms with van der Waals surface area (Å²) in [5.41, 5.74) is 1.88. The van der Waals surface area contributed by atoms with E-state index in [0.717, 1.165) is 42.9 Å². The number of carbonyl (C=O) groups is 1. The van der Waals surface area contributed by atoms with Crippen molar-refractivity contribution < 1.29 is 9.32 Å². The fourth-order valence-electron chi connectivity index (χ4n) is 3.35. The highest BCUT2D eigenvalue weighted by atomic mass is 16.5. The summed E-state index contributed by atoms with van der Waals surface area (Å²) in [6.45, 7) is 5.22. The average molecular weight is 378 g/mol. The molecule has 0 atom stereocenters. The van der Waals surface area contributed by atoms with Crippen LogP contribution in [0.2, 0.25) is 0 Å². The van der Waals surface area contributed by atoms with E-state index in [0.29, 0.717) is 17.5 Å². The van der Waals surface area contributed by atoms with Gasteiger partial charge in [-0.05, 0) is 50.5 Å². The van der Waals surface area contributed by atoms with Crippen LogP contribution >= 0.6 is 0 Å². The molecule has 144 valence electrons. The van der Waals surface area contributed by atoms with E-state index in [9.17, 15) is 4.79 Å². The molecule has 3 aromatic rings. The Kier molecular flexibility index (Phi) is 5.01. The van der Waals surface area contributed by atoms with E-state index in [1.807, 2.05) is 31.2 Å². The number of aromatic nitrogens is 4. The van der Waals surface area contributed by atoms with Crippen LogP contribution < -0.4 is 10.2 Å². The number of carbonyl (C=O) groups excluding carboxylic acids is 1. The summed E-state index contributed by atoms with van der Waals surface area (Å²) in [5.74, 6) is 2.43. The number of nitrogens with one attached hydrogen (secondary N) is 1.